The highest BCUT2D eigenvalue weighted by molar-refractivity contribution is 6.07. The molecule has 2 aromatic rings. The van der Waals surface area contributed by atoms with Crippen LogP contribution in [0.1, 0.15) is 16.7 Å². The number of rotatable bonds is 4. The lowest BCUT2D eigenvalue weighted by Gasteiger charge is -2.02. The second-order valence-electron chi connectivity index (χ2n) is 5.14. The van der Waals surface area contributed by atoms with Crippen molar-refractivity contribution in [1.82, 2.24) is 5.32 Å². The Morgan fingerprint density at radius 1 is 0.913 bits per heavy atom. The smallest absolute Gasteiger partial charge is 0.404 e. The van der Waals surface area contributed by atoms with Gasteiger partial charge in [0, 0.05) is 0 Å². The number of imide groups is 1. The van der Waals surface area contributed by atoms with E-state index in [0.29, 0.717) is 0 Å². The van der Waals surface area contributed by atoms with Crippen LogP contribution < -0.4 is 5.32 Å². The van der Waals surface area contributed by atoms with Gasteiger partial charge in [0.05, 0.1) is 0 Å². The zero-order valence-electron chi connectivity index (χ0n) is 12.4. The number of carbonyl (C=O) groups is 2. The molecule has 23 heavy (non-hydrogen) atoms. The Bertz CT molecular complexity index is 774. The molecule has 0 unspecified atom stereocenters. The highest BCUT2D eigenvalue weighted by Crippen LogP contribution is 2.12. The minimum atomic E-state index is -0.736. The van der Waals surface area contributed by atoms with Gasteiger partial charge in [-0.1, -0.05) is 66.7 Å². The number of benzene rings is 2. The molecule has 0 radical (unpaired) electrons. The first-order valence-corrected chi connectivity index (χ1v) is 7.25. The van der Waals surface area contributed by atoms with Gasteiger partial charge in [-0.3, -0.25) is 10.1 Å². The van der Waals surface area contributed by atoms with Crippen LogP contribution in [0.4, 0.5) is 4.79 Å². The molecule has 1 fully saturated rings. The van der Waals surface area contributed by atoms with E-state index in [2.05, 4.69) is 24.3 Å². The molecule has 114 valence electrons. The van der Waals surface area contributed by atoms with Crippen LogP contribution in [0.2, 0.25) is 0 Å². The van der Waals surface area contributed by atoms with Crippen LogP contribution in [-0.4, -0.2) is 12.0 Å². The lowest BCUT2D eigenvalue weighted by molar-refractivity contribution is -0.116. The molecule has 1 saturated heterocycles. The molecule has 1 aliphatic rings. The van der Waals surface area contributed by atoms with Crippen LogP contribution >= 0.6 is 0 Å². The maximum atomic E-state index is 11.3. The highest BCUT2D eigenvalue weighted by Gasteiger charge is 2.25. The van der Waals surface area contributed by atoms with E-state index in [0.717, 1.165) is 12.0 Å². The quantitative estimate of drug-likeness (QED) is 0.880. The van der Waals surface area contributed by atoms with Gasteiger partial charge in [0.25, 0.3) is 5.91 Å². The SMILES string of the molecule is O=C1NC(=O)C(=CC=Cc2ccc(Cc3ccccc3)cc2)O1. The summed E-state index contributed by atoms with van der Waals surface area (Å²) in [5.74, 6) is -0.509. The van der Waals surface area contributed by atoms with Crippen molar-refractivity contribution >= 4 is 18.1 Å². The van der Waals surface area contributed by atoms with Crippen molar-refractivity contribution in [3.05, 3.63) is 89.2 Å². The Kier molecular flexibility index (Phi) is 4.34. The summed E-state index contributed by atoms with van der Waals surface area (Å²) >= 11 is 0. The molecule has 2 amide bonds. The first-order valence-electron chi connectivity index (χ1n) is 7.25. The molecule has 1 aliphatic heterocycles. The van der Waals surface area contributed by atoms with Crippen molar-refractivity contribution in [2.75, 3.05) is 0 Å². The van der Waals surface area contributed by atoms with E-state index in [1.807, 2.05) is 41.7 Å². The molecule has 4 heteroatoms. The fourth-order valence-corrected chi connectivity index (χ4v) is 2.26. The molecule has 0 spiro atoms. The van der Waals surface area contributed by atoms with Crippen molar-refractivity contribution in [2.24, 2.45) is 0 Å². The third-order valence-corrected chi connectivity index (χ3v) is 3.41. The van der Waals surface area contributed by atoms with Crippen LogP contribution in [0.25, 0.3) is 6.08 Å². The molecule has 1 heterocycles. The fraction of sp³-hybridized carbons (Fsp3) is 0.0526. The summed E-state index contributed by atoms with van der Waals surface area (Å²) in [4.78, 5) is 22.2. The Balaban J connectivity index is 1.63. The van der Waals surface area contributed by atoms with E-state index >= 15 is 0 Å². The summed E-state index contributed by atoms with van der Waals surface area (Å²) in [5, 5.41) is 2.04. The average Bonchev–Trinajstić information content (AvgIpc) is 2.88. The predicted molar refractivity (Wildman–Crippen MR) is 87.4 cm³/mol. The number of carbonyl (C=O) groups excluding carboxylic acids is 2. The molecular weight excluding hydrogens is 290 g/mol. The second-order valence-corrected chi connectivity index (χ2v) is 5.14. The van der Waals surface area contributed by atoms with Gasteiger partial charge in [-0.05, 0) is 29.2 Å². The number of nitrogens with one attached hydrogen (secondary N) is 1. The third-order valence-electron chi connectivity index (χ3n) is 3.41. The van der Waals surface area contributed by atoms with Crippen molar-refractivity contribution in [2.45, 2.75) is 6.42 Å². The number of hydrogen-bond acceptors (Lipinski definition) is 3. The zero-order valence-corrected chi connectivity index (χ0v) is 12.4. The molecule has 0 saturated carbocycles. The lowest BCUT2D eigenvalue weighted by atomic mass is 10.0. The molecule has 2 aromatic carbocycles. The number of hydrogen-bond donors (Lipinski definition) is 1. The van der Waals surface area contributed by atoms with E-state index in [1.165, 1.54) is 17.2 Å². The molecule has 0 bridgehead atoms. The van der Waals surface area contributed by atoms with E-state index in [4.69, 9.17) is 4.74 Å². The van der Waals surface area contributed by atoms with Gasteiger partial charge in [-0.25, -0.2) is 4.79 Å². The first-order chi connectivity index (χ1) is 11.2. The fourth-order valence-electron chi connectivity index (χ4n) is 2.26. The Morgan fingerprint density at radius 3 is 2.26 bits per heavy atom. The number of ether oxygens (including phenoxy) is 1. The number of alkyl carbamates (subject to hydrolysis) is 1. The van der Waals surface area contributed by atoms with E-state index in [9.17, 15) is 9.59 Å². The largest absolute Gasteiger partial charge is 0.419 e. The summed E-state index contributed by atoms with van der Waals surface area (Å²) in [6.07, 6.45) is 5.15. The summed E-state index contributed by atoms with van der Waals surface area (Å²) in [5.41, 5.74) is 3.51. The van der Waals surface area contributed by atoms with Crippen LogP contribution in [0.3, 0.4) is 0 Å². The summed E-state index contributed by atoms with van der Waals surface area (Å²) < 4.78 is 4.71. The first kappa shape index (κ1) is 14.8. The molecular formula is C19H15NO3. The Labute approximate surface area is 134 Å². The van der Waals surface area contributed by atoms with E-state index < -0.39 is 12.0 Å². The van der Waals surface area contributed by atoms with Crippen LogP contribution in [0, 0.1) is 0 Å². The summed E-state index contributed by atoms with van der Waals surface area (Å²) in [6, 6.07) is 18.4. The molecule has 0 atom stereocenters. The van der Waals surface area contributed by atoms with Gasteiger partial charge >= 0.3 is 6.09 Å². The number of cyclic esters (lactones) is 1. The van der Waals surface area contributed by atoms with Crippen LogP contribution in [0.15, 0.2) is 72.5 Å². The molecule has 4 nitrogen and oxygen atoms in total. The molecule has 1 N–H and O–H groups in total. The van der Waals surface area contributed by atoms with E-state index in [-0.39, 0.29) is 5.76 Å². The summed E-state index contributed by atoms with van der Waals surface area (Å²) in [6.45, 7) is 0. The van der Waals surface area contributed by atoms with Crippen LogP contribution in [0.5, 0.6) is 0 Å². The van der Waals surface area contributed by atoms with Crippen molar-refractivity contribution in [3.63, 3.8) is 0 Å². The van der Waals surface area contributed by atoms with Crippen molar-refractivity contribution < 1.29 is 14.3 Å². The van der Waals surface area contributed by atoms with Crippen LogP contribution in [-0.2, 0) is 16.0 Å². The molecule has 0 aromatic heterocycles. The zero-order chi connectivity index (χ0) is 16.1. The van der Waals surface area contributed by atoms with Gasteiger partial charge in [0.1, 0.15) is 0 Å². The normalized spacial score (nSPS) is 15.9. The second kappa shape index (κ2) is 6.75. The van der Waals surface area contributed by atoms with Gasteiger partial charge in [0.15, 0.2) is 5.76 Å². The number of allylic oxidation sites excluding steroid dienone is 2. The van der Waals surface area contributed by atoms with Gasteiger partial charge in [-0.15, -0.1) is 0 Å². The maximum Gasteiger partial charge on any atom is 0.419 e. The minimum absolute atomic E-state index is 0.00643. The number of amides is 2. The monoisotopic (exact) mass is 305 g/mol. The van der Waals surface area contributed by atoms with Crippen molar-refractivity contribution in [3.8, 4) is 0 Å². The van der Waals surface area contributed by atoms with Gasteiger partial charge < -0.3 is 4.74 Å². The molecule has 0 aliphatic carbocycles. The standard InChI is InChI=1S/C19H15NO3/c21-18-17(23-19(22)20-18)8-4-7-14-9-11-16(12-10-14)13-15-5-2-1-3-6-15/h1-12H,13H2,(H,20,21,22). The minimum Gasteiger partial charge on any atom is -0.404 e. The lowest BCUT2D eigenvalue weighted by Crippen LogP contribution is -2.18. The van der Waals surface area contributed by atoms with Gasteiger partial charge in [-0.2, -0.15) is 0 Å². The topological polar surface area (TPSA) is 55.4 Å². The highest BCUT2D eigenvalue weighted by atomic mass is 16.6. The molecule has 3 rings (SSSR count). The maximum absolute atomic E-state index is 11.3. The van der Waals surface area contributed by atoms with Gasteiger partial charge in [0.2, 0.25) is 0 Å². The average molecular weight is 305 g/mol. The Hall–Kier alpha value is -3.14. The van der Waals surface area contributed by atoms with Crippen molar-refractivity contribution in [1.29, 1.82) is 0 Å². The van der Waals surface area contributed by atoms with E-state index in [1.54, 1.807) is 6.08 Å². The summed E-state index contributed by atoms with van der Waals surface area (Å²) in [7, 11) is 0. The Morgan fingerprint density at radius 2 is 1.61 bits per heavy atom. The predicted octanol–water partition coefficient (Wildman–Crippen LogP) is 3.44. The third kappa shape index (κ3) is 3.95.